The average molecular weight is 211 g/mol. The van der Waals surface area contributed by atoms with Crippen molar-refractivity contribution < 1.29 is 20.2 Å². The summed E-state index contributed by atoms with van der Waals surface area (Å²) in [4.78, 5) is 22.2. The minimum Gasteiger partial charge on any atom is -0.330 e. The number of rotatable bonds is 4. The molecule has 0 saturated heterocycles. The first-order valence-corrected chi connectivity index (χ1v) is 3.52. The zero-order valence-electron chi connectivity index (χ0n) is 7.87. The van der Waals surface area contributed by atoms with Crippen molar-refractivity contribution in [2.75, 3.05) is 13.2 Å². The van der Waals surface area contributed by atoms with Gasteiger partial charge in [-0.05, 0) is 6.54 Å². The Hall–Kier alpha value is -1.64. The summed E-state index contributed by atoms with van der Waals surface area (Å²) in [6.07, 6.45) is 0. The lowest BCUT2D eigenvalue weighted by Gasteiger charge is -2.19. The smallest absolute Gasteiger partial charge is 0.294 e. The van der Waals surface area contributed by atoms with E-state index < -0.39 is 10.2 Å². The maximum atomic E-state index is 9.70. The van der Waals surface area contributed by atoms with Crippen LogP contribution in [0.25, 0.3) is 0 Å². The summed E-state index contributed by atoms with van der Waals surface area (Å²) in [6, 6.07) is 0. The standard InChI is InChI=1S/C5H12N2O3.HNO3/c1-5(2,3-6)4-10-7(8)9;2-1(3)4/h3-4,6H2,1-2H3;(H,2,3,4). The van der Waals surface area contributed by atoms with Gasteiger partial charge in [-0.1, -0.05) is 13.8 Å². The fourth-order valence-corrected chi connectivity index (χ4v) is 0.286. The molecule has 0 heterocycles. The third-order valence-electron chi connectivity index (χ3n) is 1.11. The van der Waals surface area contributed by atoms with Crippen molar-refractivity contribution in [1.82, 2.24) is 0 Å². The Labute approximate surface area is 79.7 Å². The first-order valence-electron chi connectivity index (χ1n) is 3.52. The van der Waals surface area contributed by atoms with E-state index in [1.165, 1.54) is 0 Å². The second-order valence-corrected chi connectivity index (χ2v) is 3.10. The van der Waals surface area contributed by atoms with Gasteiger partial charge >= 0.3 is 0 Å². The largest absolute Gasteiger partial charge is 0.330 e. The van der Waals surface area contributed by atoms with Crippen LogP contribution < -0.4 is 5.73 Å². The molecule has 0 radical (unpaired) electrons. The van der Waals surface area contributed by atoms with Crippen LogP contribution in [0.5, 0.6) is 0 Å². The molecular weight excluding hydrogens is 198 g/mol. The summed E-state index contributed by atoms with van der Waals surface area (Å²) in [5, 5.41) is 22.5. The number of hydrogen-bond donors (Lipinski definition) is 2. The summed E-state index contributed by atoms with van der Waals surface area (Å²) >= 11 is 0. The van der Waals surface area contributed by atoms with Crippen LogP contribution in [0, 0.1) is 25.6 Å². The molecule has 0 bridgehead atoms. The highest BCUT2D eigenvalue weighted by Gasteiger charge is 2.17. The van der Waals surface area contributed by atoms with E-state index in [2.05, 4.69) is 4.84 Å². The van der Waals surface area contributed by atoms with Gasteiger partial charge in [0, 0.05) is 5.41 Å². The van der Waals surface area contributed by atoms with Crippen LogP contribution in [0.1, 0.15) is 13.8 Å². The Morgan fingerprint density at radius 3 is 2.00 bits per heavy atom. The molecule has 0 fully saturated rings. The quantitative estimate of drug-likeness (QED) is 0.485. The van der Waals surface area contributed by atoms with E-state index in [-0.39, 0.29) is 12.0 Å². The van der Waals surface area contributed by atoms with Gasteiger partial charge in [-0.25, -0.2) is 0 Å². The minimum atomic E-state index is -1.50. The second-order valence-electron chi connectivity index (χ2n) is 3.10. The molecule has 0 amide bonds. The highest BCUT2D eigenvalue weighted by molar-refractivity contribution is 4.66. The predicted octanol–water partition coefficient (Wildman–Crippen LogP) is -0.168. The van der Waals surface area contributed by atoms with Crippen molar-refractivity contribution in [3.63, 3.8) is 0 Å². The van der Waals surface area contributed by atoms with Crippen molar-refractivity contribution in [1.29, 1.82) is 0 Å². The molecule has 0 aromatic heterocycles. The monoisotopic (exact) mass is 211 g/mol. The van der Waals surface area contributed by atoms with Crippen LogP contribution >= 0.6 is 0 Å². The van der Waals surface area contributed by atoms with Crippen molar-refractivity contribution in [3.8, 4) is 0 Å². The van der Waals surface area contributed by atoms with E-state index in [4.69, 9.17) is 21.1 Å². The van der Waals surface area contributed by atoms with Crippen molar-refractivity contribution in [2.45, 2.75) is 13.8 Å². The maximum Gasteiger partial charge on any atom is 0.294 e. The Kier molecular flexibility index (Phi) is 7.25. The molecule has 9 heteroatoms. The van der Waals surface area contributed by atoms with Crippen LogP contribution in [0.3, 0.4) is 0 Å². The lowest BCUT2D eigenvalue weighted by molar-refractivity contribution is -0.760. The van der Waals surface area contributed by atoms with E-state index in [0.29, 0.717) is 6.54 Å². The van der Waals surface area contributed by atoms with Crippen LogP contribution in [-0.4, -0.2) is 28.5 Å². The highest BCUT2D eigenvalue weighted by Crippen LogP contribution is 2.11. The molecule has 0 saturated carbocycles. The minimum absolute atomic E-state index is 0.0521. The van der Waals surface area contributed by atoms with Crippen LogP contribution in [0.15, 0.2) is 0 Å². The summed E-state index contributed by atoms with van der Waals surface area (Å²) in [7, 11) is 0. The van der Waals surface area contributed by atoms with Crippen molar-refractivity contribution in [3.05, 3.63) is 20.2 Å². The second kappa shape index (κ2) is 6.83. The Bertz CT molecular complexity index is 190. The molecule has 0 aromatic carbocycles. The number of hydrogen-bond acceptors (Lipinski definition) is 6. The molecule has 0 unspecified atom stereocenters. The van der Waals surface area contributed by atoms with E-state index in [1.807, 2.05) is 0 Å². The van der Waals surface area contributed by atoms with Crippen LogP contribution in [0.4, 0.5) is 0 Å². The first kappa shape index (κ1) is 14.9. The van der Waals surface area contributed by atoms with Gasteiger partial charge in [0.2, 0.25) is 0 Å². The van der Waals surface area contributed by atoms with E-state index >= 15 is 0 Å². The lowest BCUT2D eigenvalue weighted by Crippen LogP contribution is -2.29. The van der Waals surface area contributed by atoms with Gasteiger partial charge in [0.25, 0.3) is 10.2 Å². The summed E-state index contributed by atoms with van der Waals surface area (Å²) in [6.45, 7) is 4.03. The molecule has 0 aromatic rings. The van der Waals surface area contributed by atoms with Gasteiger partial charge in [0.05, 0.1) is 0 Å². The molecule has 14 heavy (non-hydrogen) atoms. The van der Waals surface area contributed by atoms with Gasteiger partial charge in [0.15, 0.2) is 0 Å². The Morgan fingerprint density at radius 2 is 1.79 bits per heavy atom. The maximum absolute atomic E-state index is 9.70. The molecule has 84 valence electrons. The van der Waals surface area contributed by atoms with E-state index in [9.17, 15) is 10.1 Å². The fraction of sp³-hybridized carbons (Fsp3) is 1.00. The first-order chi connectivity index (χ1) is 6.21. The average Bonchev–Trinajstić information content (AvgIpc) is 2.00. The van der Waals surface area contributed by atoms with Crippen molar-refractivity contribution >= 4 is 0 Å². The van der Waals surface area contributed by atoms with Crippen LogP contribution in [-0.2, 0) is 4.84 Å². The SMILES string of the molecule is CC(C)(CN)CO[N+](=O)[O-].O=[N+]([O-])O. The molecule has 3 N–H and O–H groups in total. The number of nitrogens with zero attached hydrogens (tertiary/aromatic N) is 2. The van der Waals surface area contributed by atoms with Gasteiger partial charge in [-0.3, -0.25) is 0 Å². The fourth-order valence-electron chi connectivity index (χ4n) is 0.286. The molecule has 0 rings (SSSR count). The molecule has 0 aliphatic carbocycles. The predicted molar refractivity (Wildman–Crippen MR) is 44.6 cm³/mol. The summed E-state index contributed by atoms with van der Waals surface area (Å²) in [5.41, 5.74) is 4.98. The molecule has 0 spiro atoms. The third kappa shape index (κ3) is 16.8. The zero-order valence-corrected chi connectivity index (χ0v) is 7.87. The molecule has 0 aliphatic rings. The molecule has 0 atom stereocenters. The summed E-state index contributed by atoms with van der Waals surface area (Å²) in [5.74, 6) is 0. The third-order valence-corrected chi connectivity index (χ3v) is 1.11. The molecular formula is C5H13N3O6. The van der Waals surface area contributed by atoms with Crippen molar-refractivity contribution in [2.24, 2.45) is 11.1 Å². The molecule has 0 aliphatic heterocycles. The number of nitrogens with two attached hydrogens (primary N) is 1. The van der Waals surface area contributed by atoms with Crippen LogP contribution in [0.2, 0.25) is 0 Å². The topological polar surface area (TPSA) is 142 Å². The summed E-state index contributed by atoms with van der Waals surface area (Å²) < 4.78 is 0. The highest BCUT2D eigenvalue weighted by atomic mass is 16.9. The lowest BCUT2D eigenvalue weighted by atomic mass is 9.96. The van der Waals surface area contributed by atoms with Gasteiger partial charge in [0.1, 0.15) is 6.61 Å². The van der Waals surface area contributed by atoms with Gasteiger partial charge in [-0.15, -0.1) is 20.2 Å². The molecule has 9 nitrogen and oxygen atoms in total. The van der Waals surface area contributed by atoms with Gasteiger partial charge < -0.3 is 15.8 Å². The Morgan fingerprint density at radius 1 is 1.43 bits per heavy atom. The normalized spacial score (nSPS) is 9.64. The van der Waals surface area contributed by atoms with E-state index in [0.717, 1.165) is 0 Å². The van der Waals surface area contributed by atoms with E-state index in [1.54, 1.807) is 13.8 Å². The van der Waals surface area contributed by atoms with Gasteiger partial charge in [-0.2, -0.15) is 0 Å². The Balaban J connectivity index is 0. The zero-order chi connectivity index (χ0) is 11.8.